The zero-order valence-electron chi connectivity index (χ0n) is 10.9. The maximum absolute atomic E-state index is 12.1. The van der Waals surface area contributed by atoms with Crippen LogP contribution in [0.5, 0.6) is 0 Å². The van der Waals surface area contributed by atoms with Crippen LogP contribution in [-0.4, -0.2) is 22.9 Å². The fraction of sp³-hybridized carbons (Fsp3) is 0.154. The number of carbonyl (C=O) groups is 1. The number of nitrogens with one attached hydrogen (secondary N) is 2. The van der Waals surface area contributed by atoms with E-state index in [4.69, 9.17) is 11.6 Å². The topological polar surface area (TPSA) is 66.9 Å². The highest BCUT2D eigenvalue weighted by molar-refractivity contribution is 9.10. The van der Waals surface area contributed by atoms with Crippen molar-refractivity contribution in [1.82, 2.24) is 9.97 Å². The van der Waals surface area contributed by atoms with E-state index in [0.29, 0.717) is 16.5 Å². The summed E-state index contributed by atoms with van der Waals surface area (Å²) >= 11 is 9.43. The molecule has 0 atom stereocenters. The molecular formula is C13H12BrClN4O. The zero-order chi connectivity index (χ0) is 14.7. The molecule has 1 aromatic heterocycles. The number of amides is 1. The molecule has 0 aliphatic heterocycles. The molecule has 2 aromatic rings. The normalized spacial score (nSPS) is 10.2. The van der Waals surface area contributed by atoms with Crippen LogP contribution >= 0.6 is 27.5 Å². The van der Waals surface area contributed by atoms with Gasteiger partial charge in [0.2, 0.25) is 0 Å². The van der Waals surface area contributed by atoms with Gasteiger partial charge in [0.1, 0.15) is 11.5 Å². The van der Waals surface area contributed by atoms with Crippen LogP contribution in [0.4, 0.5) is 11.5 Å². The molecular weight excluding hydrogens is 344 g/mol. The minimum absolute atomic E-state index is 0.229. The Hall–Kier alpha value is -1.66. The van der Waals surface area contributed by atoms with E-state index in [9.17, 15) is 4.79 Å². The first-order valence-corrected chi connectivity index (χ1v) is 6.95. The Balaban J connectivity index is 2.20. The number of rotatable bonds is 3. The van der Waals surface area contributed by atoms with E-state index in [1.165, 1.54) is 12.4 Å². The number of hydrogen-bond acceptors (Lipinski definition) is 4. The van der Waals surface area contributed by atoms with Gasteiger partial charge in [-0.25, -0.2) is 9.97 Å². The lowest BCUT2D eigenvalue weighted by molar-refractivity contribution is 0.102. The van der Waals surface area contributed by atoms with E-state index in [1.54, 1.807) is 13.1 Å². The molecule has 2 rings (SSSR count). The SMILES string of the molecule is CNc1cnc(C(=O)Nc2cc(Cl)c(C)cc2Br)cn1. The molecule has 0 saturated heterocycles. The van der Waals surface area contributed by atoms with E-state index in [0.717, 1.165) is 10.0 Å². The molecule has 1 heterocycles. The molecule has 0 radical (unpaired) electrons. The monoisotopic (exact) mass is 354 g/mol. The van der Waals surface area contributed by atoms with E-state index in [2.05, 4.69) is 36.5 Å². The van der Waals surface area contributed by atoms with E-state index in [1.807, 2.05) is 13.0 Å². The van der Waals surface area contributed by atoms with Gasteiger partial charge in [-0.3, -0.25) is 4.79 Å². The highest BCUT2D eigenvalue weighted by atomic mass is 79.9. The van der Waals surface area contributed by atoms with Crippen molar-refractivity contribution in [2.24, 2.45) is 0 Å². The average molecular weight is 356 g/mol. The predicted octanol–water partition coefficient (Wildman–Crippen LogP) is 3.49. The molecule has 0 unspecified atom stereocenters. The summed E-state index contributed by atoms with van der Waals surface area (Å²) in [4.78, 5) is 20.1. The quantitative estimate of drug-likeness (QED) is 0.884. The first kappa shape index (κ1) is 14.7. The lowest BCUT2D eigenvalue weighted by Gasteiger charge is -2.09. The van der Waals surface area contributed by atoms with Crippen molar-refractivity contribution < 1.29 is 4.79 Å². The Morgan fingerprint density at radius 3 is 2.65 bits per heavy atom. The van der Waals surface area contributed by atoms with Crippen molar-refractivity contribution in [3.8, 4) is 0 Å². The number of benzene rings is 1. The second-order valence-electron chi connectivity index (χ2n) is 4.07. The molecule has 0 fully saturated rings. The lowest BCUT2D eigenvalue weighted by atomic mass is 10.2. The Morgan fingerprint density at radius 2 is 2.05 bits per heavy atom. The van der Waals surface area contributed by atoms with Gasteiger partial charge < -0.3 is 10.6 Å². The van der Waals surface area contributed by atoms with Crippen molar-refractivity contribution >= 4 is 44.9 Å². The number of nitrogens with zero attached hydrogens (tertiary/aromatic N) is 2. The summed E-state index contributed by atoms with van der Waals surface area (Å²) in [6, 6.07) is 3.53. The van der Waals surface area contributed by atoms with Gasteiger partial charge in [-0.1, -0.05) is 11.6 Å². The van der Waals surface area contributed by atoms with Crippen molar-refractivity contribution in [3.63, 3.8) is 0 Å². The number of hydrogen-bond donors (Lipinski definition) is 2. The van der Waals surface area contributed by atoms with E-state index < -0.39 is 0 Å². The molecule has 0 bridgehead atoms. The predicted molar refractivity (Wildman–Crippen MR) is 83.4 cm³/mol. The summed E-state index contributed by atoms with van der Waals surface area (Å²) in [5, 5.41) is 6.16. The molecule has 7 heteroatoms. The van der Waals surface area contributed by atoms with Crippen molar-refractivity contribution in [2.75, 3.05) is 17.7 Å². The van der Waals surface area contributed by atoms with Crippen LogP contribution in [0.3, 0.4) is 0 Å². The first-order chi connectivity index (χ1) is 9.51. The first-order valence-electron chi connectivity index (χ1n) is 5.78. The number of halogens is 2. The van der Waals surface area contributed by atoms with Gasteiger partial charge in [-0.15, -0.1) is 0 Å². The highest BCUT2D eigenvalue weighted by Gasteiger charge is 2.11. The largest absolute Gasteiger partial charge is 0.372 e. The molecule has 5 nitrogen and oxygen atoms in total. The zero-order valence-corrected chi connectivity index (χ0v) is 13.2. The van der Waals surface area contributed by atoms with Crippen LogP contribution < -0.4 is 10.6 Å². The van der Waals surface area contributed by atoms with Crippen LogP contribution in [0.2, 0.25) is 5.02 Å². The van der Waals surface area contributed by atoms with Gasteiger partial charge in [0, 0.05) is 16.5 Å². The molecule has 0 spiro atoms. The minimum atomic E-state index is -0.347. The summed E-state index contributed by atoms with van der Waals surface area (Å²) in [6.07, 6.45) is 2.90. The Labute approximate surface area is 129 Å². The van der Waals surface area contributed by atoms with Gasteiger partial charge in [-0.2, -0.15) is 0 Å². The van der Waals surface area contributed by atoms with Crippen molar-refractivity contribution in [3.05, 3.63) is 45.3 Å². The smallest absolute Gasteiger partial charge is 0.275 e. The standard InChI is InChI=1S/C13H12BrClN4O/c1-7-3-8(14)10(4-9(7)15)19-13(20)11-5-18-12(16-2)6-17-11/h3-6H,1-2H3,(H,16,18)(H,19,20). The van der Waals surface area contributed by atoms with E-state index >= 15 is 0 Å². The molecule has 0 aliphatic carbocycles. The van der Waals surface area contributed by atoms with E-state index in [-0.39, 0.29) is 11.6 Å². The molecule has 1 aromatic carbocycles. The third-order valence-electron chi connectivity index (χ3n) is 2.64. The summed E-state index contributed by atoms with van der Waals surface area (Å²) in [7, 11) is 1.73. The summed E-state index contributed by atoms with van der Waals surface area (Å²) in [5.74, 6) is 0.252. The van der Waals surface area contributed by atoms with Gasteiger partial charge in [0.15, 0.2) is 0 Å². The Morgan fingerprint density at radius 1 is 1.30 bits per heavy atom. The molecule has 104 valence electrons. The molecule has 2 N–H and O–H groups in total. The van der Waals surface area contributed by atoms with Crippen molar-refractivity contribution in [1.29, 1.82) is 0 Å². The maximum Gasteiger partial charge on any atom is 0.275 e. The highest BCUT2D eigenvalue weighted by Crippen LogP contribution is 2.29. The second-order valence-corrected chi connectivity index (χ2v) is 5.33. The molecule has 1 amide bonds. The minimum Gasteiger partial charge on any atom is -0.372 e. The number of aromatic nitrogens is 2. The maximum atomic E-state index is 12.1. The van der Waals surface area contributed by atoms with Crippen LogP contribution in [0.1, 0.15) is 16.1 Å². The average Bonchev–Trinajstić information content (AvgIpc) is 2.44. The summed E-state index contributed by atoms with van der Waals surface area (Å²) in [5.41, 5.74) is 1.74. The lowest BCUT2D eigenvalue weighted by Crippen LogP contribution is -2.14. The fourth-order valence-corrected chi connectivity index (χ4v) is 2.22. The molecule has 0 aliphatic rings. The summed E-state index contributed by atoms with van der Waals surface area (Å²) < 4.78 is 0.757. The van der Waals surface area contributed by atoms with Gasteiger partial charge in [0.05, 0.1) is 18.1 Å². The number of aryl methyl sites for hydroxylation is 1. The van der Waals surface area contributed by atoms with Crippen LogP contribution in [-0.2, 0) is 0 Å². The van der Waals surface area contributed by atoms with Crippen molar-refractivity contribution in [2.45, 2.75) is 6.92 Å². The second kappa shape index (κ2) is 6.19. The molecule has 0 saturated carbocycles. The fourth-order valence-electron chi connectivity index (χ4n) is 1.50. The summed E-state index contributed by atoms with van der Waals surface area (Å²) in [6.45, 7) is 1.89. The number of carbonyl (C=O) groups excluding carboxylic acids is 1. The number of anilines is 2. The van der Waals surface area contributed by atoms with Gasteiger partial charge in [-0.05, 0) is 40.5 Å². The third-order valence-corrected chi connectivity index (χ3v) is 3.70. The van der Waals surface area contributed by atoms with Crippen LogP contribution in [0.25, 0.3) is 0 Å². The van der Waals surface area contributed by atoms with Crippen LogP contribution in [0, 0.1) is 6.92 Å². The Bertz CT molecular complexity index is 646. The van der Waals surface area contributed by atoms with Crippen LogP contribution in [0.15, 0.2) is 29.0 Å². The van der Waals surface area contributed by atoms with Gasteiger partial charge >= 0.3 is 0 Å². The molecule has 20 heavy (non-hydrogen) atoms. The Kier molecular flexibility index (Phi) is 4.57. The van der Waals surface area contributed by atoms with Gasteiger partial charge in [0.25, 0.3) is 5.91 Å². The third kappa shape index (κ3) is 3.26.